The van der Waals surface area contributed by atoms with Gasteiger partial charge >= 0.3 is 0 Å². The van der Waals surface area contributed by atoms with Crippen LogP contribution in [0.2, 0.25) is 5.02 Å². The molecule has 2 aromatic heterocycles. The van der Waals surface area contributed by atoms with Gasteiger partial charge in [0.2, 0.25) is 5.95 Å². The van der Waals surface area contributed by atoms with Gasteiger partial charge in [0.15, 0.2) is 5.82 Å². The number of nitrogens with one attached hydrogen (secondary N) is 2. The van der Waals surface area contributed by atoms with Gasteiger partial charge in [0, 0.05) is 24.2 Å². The first-order chi connectivity index (χ1) is 16.1. The monoisotopic (exact) mass is 455 g/mol. The summed E-state index contributed by atoms with van der Waals surface area (Å²) >= 11 is 6.33. The lowest BCUT2D eigenvalue weighted by Crippen LogP contribution is -2.07. The van der Waals surface area contributed by atoms with Crippen LogP contribution in [0.25, 0.3) is 11.8 Å². The van der Waals surface area contributed by atoms with E-state index in [2.05, 4.69) is 26.7 Å². The quantitative estimate of drug-likeness (QED) is 0.348. The molecule has 0 unspecified atom stereocenters. The molecule has 160 valence electrons. The van der Waals surface area contributed by atoms with Crippen LogP contribution in [-0.2, 0) is 0 Å². The largest absolute Gasteiger partial charge is 0.335 e. The van der Waals surface area contributed by atoms with Crippen molar-refractivity contribution in [1.82, 2.24) is 14.5 Å². The van der Waals surface area contributed by atoms with Crippen LogP contribution in [0.15, 0.2) is 73.2 Å². The average molecular weight is 456 g/mol. The topological polar surface area (TPSA) is 102 Å². The van der Waals surface area contributed by atoms with Gasteiger partial charge in [0.1, 0.15) is 11.5 Å². The van der Waals surface area contributed by atoms with Crippen LogP contribution < -0.4 is 10.6 Å². The predicted molar refractivity (Wildman–Crippen MR) is 125 cm³/mol. The number of aromatic nitrogens is 3. The summed E-state index contributed by atoms with van der Waals surface area (Å²) in [6.45, 7) is 0. The Balaban J connectivity index is 1.71. The predicted octanol–water partition coefficient (Wildman–Crippen LogP) is 5.96. The van der Waals surface area contributed by atoms with Crippen molar-refractivity contribution in [3.8, 4) is 17.8 Å². The molecule has 0 spiro atoms. The van der Waals surface area contributed by atoms with Gasteiger partial charge < -0.3 is 15.2 Å². The molecule has 4 aromatic rings. The number of benzene rings is 2. The number of nitrogens with zero attached hydrogens (tertiary/aromatic N) is 5. The van der Waals surface area contributed by atoms with E-state index in [4.69, 9.17) is 22.1 Å². The third-order valence-corrected chi connectivity index (χ3v) is 4.88. The van der Waals surface area contributed by atoms with Crippen LogP contribution in [0, 0.1) is 28.5 Å². The smallest absolute Gasteiger partial charge is 0.229 e. The number of halogens is 2. The van der Waals surface area contributed by atoms with E-state index in [-0.39, 0.29) is 16.7 Å². The van der Waals surface area contributed by atoms with Crippen LogP contribution in [-0.4, -0.2) is 14.5 Å². The van der Waals surface area contributed by atoms with Crippen LogP contribution in [0.3, 0.4) is 0 Å². The fraction of sp³-hybridized carbons (Fsp3) is 0. The van der Waals surface area contributed by atoms with Crippen molar-refractivity contribution in [3.63, 3.8) is 0 Å². The number of anilines is 4. The fourth-order valence-corrected chi connectivity index (χ4v) is 3.29. The van der Waals surface area contributed by atoms with Gasteiger partial charge in [-0.25, -0.2) is 9.37 Å². The lowest BCUT2D eigenvalue weighted by molar-refractivity contribution is 0.631. The van der Waals surface area contributed by atoms with E-state index in [9.17, 15) is 4.39 Å². The molecule has 0 bridgehead atoms. The summed E-state index contributed by atoms with van der Waals surface area (Å²) in [5.41, 5.74) is 2.30. The zero-order chi connectivity index (χ0) is 23.2. The lowest BCUT2D eigenvalue weighted by Gasteiger charge is -2.15. The van der Waals surface area contributed by atoms with Crippen LogP contribution in [0.1, 0.15) is 11.1 Å². The molecule has 0 atom stereocenters. The highest BCUT2D eigenvalue weighted by Crippen LogP contribution is 2.32. The second-order valence-electron chi connectivity index (χ2n) is 6.78. The molecule has 0 aliphatic rings. The van der Waals surface area contributed by atoms with Gasteiger partial charge in [-0.1, -0.05) is 11.6 Å². The number of hydrogen-bond acceptors (Lipinski definition) is 6. The molecule has 4 rings (SSSR count). The molecule has 2 heterocycles. The number of allylic oxidation sites excluding steroid dienone is 1. The standard InChI is InChI=1S/C24H15ClFN7/c25-19-12-17(4-3-9-27)13-20(26)22(19)31-23-21(33-10-1-2-11-33)15-29-24(32-23)30-18-7-5-16(14-28)6-8-18/h1-8,10-13,15H,(H2,29,30,31,32). The van der Waals surface area contributed by atoms with Crippen molar-refractivity contribution < 1.29 is 4.39 Å². The maximum atomic E-state index is 14.9. The van der Waals surface area contributed by atoms with Gasteiger partial charge in [-0.05, 0) is 60.2 Å². The Kier molecular flexibility index (Phi) is 6.31. The molecule has 7 nitrogen and oxygen atoms in total. The van der Waals surface area contributed by atoms with Gasteiger partial charge in [-0.3, -0.25) is 0 Å². The summed E-state index contributed by atoms with van der Waals surface area (Å²) in [7, 11) is 0. The molecule has 0 saturated carbocycles. The van der Waals surface area contributed by atoms with Crippen molar-refractivity contribution in [3.05, 3.63) is 95.2 Å². The summed E-state index contributed by atoms with van der Waals surface area (Å²) in [5, 5.41) is 23.8. The minimum atomic E-state index is -0.598. The molecule has 9 heteroatoms. The van der Waals surface area contributed by atoms with Crippen molar-refractivity contribution in [1.29, 1.82) is 10.5 Å². The highest BCUT2D eigenvalue weighted by atomic mass is 35.5. The average Bonchev–Trinajstić information content (AvgIpc) is 3.35. The van der Waals surface area contributed by atoms with E-state index in [0.29, 0.717) is 28.3 Å². The Morgan fingerprint density at radius 1 is 1.06 bits per heavy atom. The van der Waals surface area contributed by atoms with Crippen LogP contribution >= 0.6 is 11.6 Å². The highest BCUT2D eigenvalue weighted by Gasteiger charge is 2.15. The molecule has 2 N–H and O–H groups in total. The fourth-order valence-electron chi connectivity index (χ4n) is 3.03. The van der Waals surface area contributed by atoms with Gasteiger partial charge in [0.05, 0.1) is 34.6 Å². The summed E-state index contributed by atoms with van der Waals surface area (Å²) in [6.07, 6.45) is 7.93. The maximum absolute atomic E-state index is 14.9. The second-order valence-corrected chi connectivity index (χ2v) is 7.19. The maximum Gasteiger partial charge on any atom is 0.229 e. The molecular formula is C24H15ClFN7. The number of rotatable bonds is 6. The number of hydrogen-bond donors (Lipinski definition) is 2. The van der Waals surface area contributed by atoms with Gasteiger partial charge in [-0.15, -0.1) is 0 Å². The summed E-state index contributed by atoms with van der Waals surface area (Å²) < 4.78 is 16.6. The molecule has 0 radical (unpaired) electrons. The zero-order valence-electron chi connectivity index (χ0n) is 17.0. The SMILES string of the molecule is N#CC=Cc1cc(F)c(Nc2nc(Nc3ccc(C#N)cc3)ncc2-n2cccc2)c(Cl)c1. The zero-order valence-corrected chi connectivity index (χ0v) is 17.8. The summed E-state index contributed by atoms with van der Waals surface area (Å²) in [5.74, 6) is -0.0135. The molecule has 0 saturated heterocycles. The van der Waals surface area contributed by atoms with Crippen LogP contribution in [0.5, 0.6) is 0 Å². The van der Waals surface area contributed by atoms with E-state index in [1.54, 1.807) is 41.1 Å². The first-order valence-electron chi connectivity index (χ1n) is 9.67. The molecule has 0 aliphatic heterocycles. The van der Waals surface area contributed by atoms with E-state index >= 15 is 0 Å². The molecular weight excluding hydrogens is 441 g/mol. The highest BCUT2D eigenvalue weighted by molar-refractivity contribution is 6.33. The summed E-state index contributed by atoms with van der Waals surface area (Å²) in [4.78, 5) is 8.87. The number of nitriles is 2. The van der Waals surface area contributed by atoms with E-state index < -0.39 is 5.82 Å². The molecule has 0 amide bonds. The molecule has 0 aliphatic carbocycles. The van der Waals surface area contributed by atoms with Crippen molar-refractivity contribution in [2.24, 2.45) is 0 Å². The Morgan fingerprint density at radius 2 is 1.82 bits per heavy atom. The first kappa shape index (κ1) is 21.6. The van der Waals surface area contributed by atoms with Gasteiger partial charge in [0.25, 0.3) is 0 Å². The summed E-state index contributed by atoms with van der Waals surface area (Å²) in [6, 6.07) is 17.3. The van der Waals surface area contributed by atoms with Crippen LogP contribution in [0.4, 0.5) is 27.5 Å². The van der Waals surface area contributed by atoms with Crippen molar-refractivity contribution in [2.45, 2.75) is 0 Å². The Labute approximate surface area is 194 Å². The molecule has 2 aromatic carbocycles. The van der Waals surface area contributed by atoms with E-state index in [1.165, 1.54) is 18.2 Å². The Hall–Kier alpha value is -4.66. The first-order valence-corrected chi connectivity index (χ1v) is 10.0. The van der Waals surface area contributed by atoms with E-state index in [0.717, 1.165) is 0 Å². The second kappa shape index (κ2) is 9.65. The minimum Gasteiger partial charge on any atom is -0.335 e. The lowest BCUT2D eigenvalue weighted by atomic mass is 10.2. The van der Waals surface area contributed by atoms with Crippen molar-refractivity contribution in [2.75, 3.05) is 10.6 Å². The molecule has 0 fully saturated rings. The van der Waals surface area contributed by atoms with E-state index in [1.807, 2.05) is 30.6 Å². The Bertz CT molecular complexity index is 1380. The third kappa shape index (κ3) is 4.99. The minimum absolute atomic E-state index is 0.0437. The Morgan fingerprint density at radius 3 is 2.48 bits per heavy atom. The third-order valence-electron chi connectivity index (χ3n) is 4.58. The van der Waals surface area contributed by atoms with Gasteiger partial charge in [-0.2, -0.15) is 15.5 Å². The molecule has 33 heavy (non-hydrogen) atoms. The van der Waals surface area contributed by atoms with Crippen molar-refractivity contribution >= 4 is 40.8 Å². The normalized spacial score (nSPS) is 10.5.